The molecule has 1 heterocycles. The maximum Gasteiger partial charge on any atom is 0.322 e. The summed E-state index contributed by atoms with van der Waals surface area (Å²) in [7, 11) is 0. The molecule has 0 aliphatic heterocycles. The average molecular weight is 497 g/mol. The van der Waals surface area contributed by atoms with Gasteiger partial charge in [-0.2, -0.15) is 0 Å². The fraction of sp³-hybridized carbons (Fsp3) is 0.852. The predicted octanol–water partition coefficient (Wildman–Crippen LogP) is 7.80. The van der Waals surface area contributed by atoms with Gasteiger partial charge >= 0.3 is 5.97 Å². The van der Waals surface area contributed by atoms with Crippen molar-refractivity contribution >= 4 is 29.1 Å². The molecular formula is C27H48N2O2S2. The lowest BCUT2D eigenvalue weighted by atomic mass is 9.98. The Morgan fingerprint density at radius 2 is 1.76 bits per heavy atom. The number of esters is 1. The number of rotatable bonds is 15. The third-order valence-corrected chi connectivity index (χ3v) is 8.55. The number of thiazole rings is 1. The lowest BCUT2D eigenvalue weighted by Crippen LogP contribution is -2.33. The minimum atomic E-state index is -0.606. The van der Waals surface area contributed by atoms with E-state index in [4.69, 9.17) is 9.72 Å². The van der Waals surface area contributed by atoms with E-state index in [1.807, 2.05) is 13.8 Å². The molecule has 33 heavy (non-hydrogen) atoms. The van der Waals surface area contributed by atoms with E-state index >= 15 is 0 Å². The summed E-state index contributed by atoms with van der Waals surface area (Å²) in [5, 5.41) is 5.69. The first-order chi connectivity index (χ1) is 15.9. The van der Waals surface area contributed by atoms with E-state index in [0.717, 1.165) is 48.3 Å². The molecule has 190 valence electrons. The van der Waals surface area contributed by atoms with Gasteiger partial charge in [0.25, 0.3) is 0 Å². The second-order valence-electron chi connectivity index (χ2n) is 10.5. The zero-order valence-corrected chi connectivity index (χ0v) is 23.3. The molecule has 0 unspecified atom stereocenters. The van der Waals surface area contributed by atoms with Gasteiger partial charge < -0.3 is 10.1 Å². The van der Waals surface area contributed by atoms with Crippen LogP contribution in [0.25, 0.3) is 0 Å². The molecule has 0 spiro atoms. The third kappa shape index (κ3) is 12.6. The Hall–Kier alpha value is -0.590. The molecule has 2 rings (SSSR count). The van der Waals surface area contributed by atoms with Crippen LogP contribution in [0.3, 0.4) is 0 Å². The highest BCUT2D eigenvalue weighted by Crippen LogP contribution is 2.36. The Bertz CT molecular complexity index is 652. The quantitative estimate of drug-likeness (QED) is 0.152. The summed E-state index contributed by atoms with van der Waals surface area (Å²) in [5.74, 6) is 0.743. The molecule has 1 N–H and O–H groups in total. The molecule has 0 saturated heterocycles. The van der Waals surface area contributed by atoms with Gasteiger partial charge in [0.1, 0.15) is 10.9 Å². The van der Waals surface area contributed by atoms with Crippen LogP contribution in [0, 0.1) is 5.92 Å². The van der Waals surface area contributed by atoms with Crippen LogP contribution in [-0.4, -0.2) is 34.9 Å². The summed E-state index contributed by atoms with van der Waals surface area (Å²) in [5.41, 5.74) is 1.12. The number of thioether (sulfide) groups is 1. The van der Waals surface area contributed by atoms with Gasteiger partial charge in [-0.3, -0.25) is 4.79 Å². The summed E-state index contributed by atoms with van der Waals surface area (Å²) in [6, 6.07) is 0. The summed E-state index contributed by atoms with van der Waals surface area (Å²) in [6.07, 6.45) is 17.3. The summed E-state index contributed by atoms with van der Waals surface area (Å²) in [4.78, 5) is 17.6. The molecule has 0 aromatic carbocycles. The molecule has 0 radical (unpaired) electrons. The molecule has 0 atom stereocenters. The molecule has 0 bridgehead atoms. The highest BCUT2D eigenvalue weighted by Gasteiger charge is 2.33. The summed E-state index contributed by atoms with van der Waals surface area (Å²) < 4.78 is 6.28. The van der Waals surface area contributed by atoms with Crippen molar-refractivity contribution in [3.8, 4) is 0 Å². The minimum absolute atomic E-state index is 0.0932. The molecule has 1 aromatic rings. The number of aromatic nitrogens is 1. The van der Waals surface area contributed by atoms with E-state index < -0.39 is 4.75 Å². The molecule has 1 aliphatic rings. The predicted molar refractivity (Wildman–Crippen MR) is 143 cm³/mol. The number of carbonyl (C=O) groups excluding carboxylic acids is 1. The topological polar surface area (TPSA) is 51.2 Å². The molecule has 1 aliphatic carbocycles. The Morgan fingerprint density at radius 3 is 2.48 bits per heavy atom. The van der Waals surface area contributed by atoms with Crippen molar-refractivity contribution < 1.29 is 9.53 Å². The van der Waals surface area contributed by atoms with Gasteiger partial charge in [-0.1, -0.05) is 77.0 Å². The van der Waals surface area contributed by atoms with Crippen molar-refractivity contribution in [2.75, 3.05) is 13.1 Å². The molecule has 6 heteroatoms. The van der Waals surface area contributed by atoms with Gasteiger partial charge in [-0.05, 0) is 58.4 Å². The van der Waals surface area contributed by atoms with E-state index in [-0.39, 0.29) is 12.1 Å². The first-order valence-electron chi connectivity index (χ1n) is 13.4. The van der Waals surface area contributed by atoms with E-state index in [2.05, 4.69) is 24.5 Å². The van der Waals surface area contributed by atoms with E-state index in [1.54, 1.807) is 23.1 Å². The highest BCUT2D eigenvalue weighted by molar-refractivity contribution is 8.03. The molecule has 4 nitrogen and oxygen atoms in total. The maximum atomic E-state index is 12.9. The second kappa shape index (κ2) is 16.1. The van der Waals surface area contributed by atoms with Crippen LogP contribution in [0.4, 0.5) is 0 Å². The van der Waals surface area contributed by atoms with Crippen LogP contribution in [-0.2, 0) is 16.0 Å². The van der Waals surface area contributed by atoms with Gasteiger partial charge in [0, 0.05) is 18.3 Å². The van der Waals surface area contributed by atoms with Crippen LogP contribution in [0.1, 0.15) is 117 Å². The van der Waals surface area contributed by atoms with E-state index in [9.17, 15) is 4.79 Å². The molecular weight excluding hydrogens is 448 g/mol. The van der Waals surface area contributed by atoms with Crippen LogP contribution in [0.5, 0.6) is 0 Å². The van der Waals surface area contributed by atoms with Crippen LogP contribution < -0.4 is 5.32 Å². The number of ether oxygens (including phenoxy) is 1. The van der Waals surface area contributed by atoms with Gasteiger partial charge in [-0.25, -0.2) is 4.98 Å². The van der Waals surface area contributed by atoms with Gasteiger partial charge in [0.05, 0.1) is 5.69 Å². The van der Waals surface area contributed by atoms with E-state index in [1.165, 1.54) is 70.6 Å². The van der Waals surface area contributed by atoms with Crippen molar-refractivity contribution in [2.45, 2.75) is 133 Å². The first-order valence-corrected chi connectivity index (χ1v) is 15.1. The molecule has 1 saturated carbocycles. The van der Waals surface area contributed by atoms with Crippen molar-refractivity contribution in [1.82, 2.24) is 10.3 Å². The van der Waals surface area contributed by atoms with Crippen LogP contribution >= 0.6 is 23.1 Å². The van der Waals surface area contributed by atoms with Crippen molar-refractivity contribution in [1.29, 1.82) is 0 Å². The largest absolute Gasteiger partial charge is 0.461 e. The fourth-order valence-electron chi connectivity index (χ4n) is 4.21. The highest BCUT2D eigenvalue weighted by atomic mass is 32.2. The third-order valence-electron chi connectivity index (χ3n) is 6.38. The number of hydrogen-bond acceptors (Lipinski definition) is 6. The minimum Gasteiger partial charge on any atom is -0.461 e. The standard InChI is InChI=1S/C27H48N2O2S2/c1-22(2)15-11-7-6-10-14-19-28-20-18-23-21-32-26(29-23)33-27(3,4)25(30)31-24-16-12-8-5-9-13-17-24/h21-22,24,28H,5-20H2,1-4H3. The first kappa shape index (κ1) is 28.6. The molecule has 1 aromatic heterocycles. The second-order valence-corrected chi connectivity index (χ2v) is 13.3. The van der Waals surface area contributed by atoms with Gasteiger partial charge in [-0.15, -0.1) is 11.3 Å². The summed E-state index contributed by atoms with van der Waals surface area (Å²) >= 11 is 3.19. The Morgan fingerprint density at radius 1 is 1.09 bits per heavy atom. The van der Waals surface area contributed by atoms with Crippen LogP contribution in [0.15, 0.2) is 9.72 Å². The normalized spacial score (nSPS) is 16.0. The number of nitrogens with zero attached hydrogens (tertiary/aromatic N) is 1. The number of hydrogen-bond donors (Lipinski definition) is 1. The Kier molecular flexibility index (Phi) is 14.0. The number of unbranched alkanes of at least 4 members (excludes halogenated alkanes) is 4. The van der Waals surface area contributed by atoms with Gasteiger partial charge in [0.2, 0.25) is 0 Å². The fourth-order valence-corrected chi connectivity index (χ4v) is 6.48. The zero-order chi connectivity index (χ0) is 23.9. The smallest absolute Gasteiger partial charge is 0.322 e. The maximum absolute atomic E-state index is 12.9. The van der Waals surface area contributed by atoms with Crippen molar-refractivity contribution in [2.24, 2.45) is 5.92 Å². The van der Waals surface area contributed by atoms with E-state index in [0.29, 0.717) is 0 Å². The summed E-state index contributed by atoms with van der Waals surface area (Å²) in [6.45, 7) is 10.6. The van der Waals surface area contributed by atoms with Crippen LogP contribution in [0.2, 0.25) is 0 Å². The SMILES string of the molecule is CC(C)CCCCCCCNCCc1csc(SC(C)(C)C(=O)OC2CCCCCCC2)n1. The van der Waals surface area contributed by atoms with Crippen molar-refractivity contribution in [3.05, 3.63) is 11.1 Å². The lowest BCUT2D eigenvalue weighted by Gasteiger charge is -2.26. The average Bonchev–Trinajstić information content (AvgIpc) is 3.17. The number of nitrogens with one attached hydrogen (secondary N) is 1. The lowest BCUT2D eigenvalue weighted by molar-refractivity contribution is -0.152. The van der Waals surface area contributed by atoms with Gasteiger partial charge in [0.15, 0.2) is 4.34 Å². The monoisotopic (exact) mass is 496 g/mol. The zero-order valence-electron chi connectivity index (χ0n) is 21.6. The Balaban J connectivity index is 1.61. The number of carbonyl (C=O) groups is 1. The Labute approximate surface area is 211 Å². The molecule has 1 fully saturated rings. The molecule has 0 amide bonds. The van der Waals surface area contributed by atoms with Crippen molar-refractivity contribution in [3.63, 3.8) is 0 Å².